The van der Waals surface area contributed by atoms with E-state index in [1.807, 2.05) is 7.05 Å². The van der Waals surface area contributed by atoms with E-state index >= 15 is 0 Å². The maximum atomic E-state index is 12.0. The minimum absolute atomic E-state index is 0.366. The molecule has 0 radical (unpaired) electrons. The van der Waals surface area contributed by atoms with Crippen molar-refractivity contribution in [2.24, 2.45) is 0 Å². The van der Waals surface area contributed by atoms with E-state index in [2.05, 4.69) is 21.6 Å². The van der Waals surface area contributed by atoms with Crippen molar-refractivity contribution in [2.45, 2.75) is 45.1 Å². The minimum atomic E-state index is 0.366. The first-order valence-corrected chi connectivity index (χ1v) is 8.35. The van der Waals surface area contributed by atoms with Crippen LogP contribution in [0.4, 0.5) is 0 Å². The molecule has 1 aliphatic heterocycles. The summed E-state index contributed by atoms with van der Waals surface area (Å²) in [6, 6.07) is 0.876. The zero-order chi connectivity index (χ0) is 14.4. The summed E-state index contributed by atoms with van der Waals surface area (Å²) in [5, 5.41) is 0. The van der Waals surface area contributed by atoms with Gasteiger partial charge in [-0.1, -0.05) is 13.3 Å². The number of hydrogen-bond acceptors (Lipinski definition) is 4. The van der Waals surface area contributed by atoms with Gasteiger partial charge in [-0.2, -0.15) is 0 Å². The third-order valence-corrected chi connectivity index (χ3v) is 4.82. The van der Waals surface area contributed by atoms with Crippen molar-refractivity contribution in [2.75, 3.05) is 52.9 Å². The molecule has 0 aromatic rings. The average molecular weight is 281 g/mol. The van der Waals surface area contributed by atoms with E-state index in [1.54, 1.807) is 0 Å². The normalized spacial score (nSPS) is 23.4. The smallest absolute Gasteiger partial charge is 0.160 e. The quantitative estimate of drug-likeness (QED) is 0.736. The van der Waals surface area contributed by atoms with Gasteiger partial charge in [-0.15, -0.1) is 0 Å². The van der Waals surface area contributed by atoms with Crippen molar-refractivity contribution in [1.82, 2.24) is 14.7 Å². The van der Waals surface area contributed by atoms with Crippen LogP contribution >= 0.6 is 0 Å². The number of rotatable bonds is 6. The van der Waals surface area contributed by atoms with Gasteiger partial charge in [-0.05, 0) is 65.5 Å². The maximum Gasteiger partial charge on any atom is 0.160 e. The second kappa shape index (κ2) is 8.11. The molecular formula is C16H31N3O. The van der Waals surface area contributed by atoms with E-state index in [1.165, 1.54) is 45.2 Å². The highest BCUT2D eigenvalue weighted by Crippen LogP contribution is 2.25. The SMILES string of the molecule is CCN(C)CC(=O)CN1CCCN(C2CCC2)CCC1. The molecule has 1 aliphatic carbocycles. The van der Waals surface area contributed by atoms with Gasteiger partial charge < -0.3 is 4.90 Å². The molecule has 0 N–H and O–H groups in total. The van der Waals surface area contributed by atoms with Crippen LogP contribution in [0.5, 0.6) is 0 Å². The minimum Gasteiger partial charge on any atom is -0.300 e. The third kappa shape index (κ3) is 4.83. The number of likely N-dealkylation sites (N-methyl/N-ethyl adjacent to an activating group) is 1. The van der Waals surface area contributed by atoms with E-state index in [0.29, 0.717) is 18.9 Å². The molecule has 0 amide bonds. The predicted molar refractivity (Wildman–Crippen MR) is 83.1 cm³/mol. The number of hydrogen-bond donors (Lipinski definition) is 0. The van der Waals surface area contributed by atoms with Crippen LogP contribution in [0.3, 0.4) is 0 Å². The summed E-state index contributed by atoms with van der Waals surface area (Å²) in [4.78, 5) is 19.2. The zero-order valence-electron chi connectivity index (χ0n) is 13.3. The highest BCUT2D eigenvalue weighted by molar-refractivity contribution is 5.82. The van der Waals surface area contributed by atoms with Crippen LogP contribution < -0.4 is 0 Å². The van der Waals surface area contributed by atoms with Gasteiger partial charge in [0.15, 0.2) is 5.78 Å². The molecule has 2 rings (SSSR count). The summed E-state index contributed by atoms with van der Waals surface area (Å²) in [5.74, 6) is 0.366. The van der Waals surface area contributed by atoms with Crippen LogP contribution in [0.15, 0.2) is 0 Å². The van der Waals surface area contributed by atoms with E-state index in [9.17, 15) is 4.79 Å². The number of carbonyl (C=O) groups excluding carboxylic acids is 1. The second-order valence-electron chi connectivity index (χ2n) is 6.47. The lowest BCUT2D eigenvalue weighted by Crippen LogP contribution is -2.46. The lowest BCUT2D eigenvalue weighted by atomic mass is 9.91. The lowest BCUT2D eigenvalue weighted by molar-refractivity contribution is -0.121. The summed E-state index contributed by atoms with van der Waals surface area (Å²) < 4.78 is 0. The van der Waals surface area contributed by atoms with Crippen molar-refractivity contribution >= 4 is 5.78 Å². The number of carbonyl (C=O) groups is 1. The van der Waals surface area contributed by atoms with Gasteiger partial charge in [0.25, 0.3) is 0 Å². The Hall–Kier alpha value is -0.450. The summed E-state index contributed by atoms with van der Waals surface area (Å²) in [6.07, 6.45) is 6.67. The van der Waals surface area contributed by atoms with Crippen LogP contribution in [0.1, 0.15) is 39.0 Å². The van der Waals surface area contributed by atoms with Gasteiger partial charge in [-0.3, -0.25) is 14.6 Å². The molecule has 4 nitrogen and oxygen atoms in total. The molecule has 1 saturated heterocycles. The van der Waals surface area contributed by atoms with E-state index < -0.39 is 0 Å². The molecule has 0 unspecified atom stereocenters. The van der Waals surface area contributed by atoms with Crippen molar-refractivity contribution in [3.8, 4) is 0 Å². The van der Waals surface area contributed by atoms with Crippen molar-refractivity contribution in [1.29, 1.82) is 0 Å². The Morgan fingerprint density at radius 2 is 1.75 bits per heavy atom. The molecule has 0 bridgehead atoms. The van der Waals surface area contributed by atoms with Crippen LogP contribution in [-0.2, 0) is 4.79 Å². The third-order valence-electron chi connectivity index (χ3n) is 4.82. The molecule has 4 heteroatoms. The van der Waals surface area contributed by atoms with Crippen LogP contribution in [0, 0.1) is 0 Å². The molecule has 0 aromatic heterocycles. The molecule has 0 spiro atoms. The highest BCUT2D eigenvalue weighted by atomic mass is 16.1. The summed E-state index contributed by atoms with van der Waals surface area (Å²) >= 11 is 0. The predicted octanol–water partition coefficient (Wildman–Crippen LogP) is 1.46. The van der Waals surface area contributed by atoms with Gasteiger partial charge >= 0.3 is 0 Å². The van der Waals surface area contributed by atoms with Crippen molar-refractivity contribution in [3.63, 3.8) is 0 Å². The Kier molecular flexibility index (Phi) is 6.46. The molecule has 2 fully saturated rings. The van der Waals surface area contributed by atoms with Gasteiger partial charge in [0.05, 0.1) is 13.1 Å². The summed E-state index contributed by atoms with van der Waals surface area (Å²) in [7, 11) is 2.02. The van der Waals surface area contributed by atoms with Crippen LogP contribution in [0.2, 0.25) is 0 Å². The number of Topliss-reactive ketones (excluding diaryl/α,β-unsaturated/α-hetero) is 1. The molecule has 116 valence electrons. The lowest BCUT2D eigenvalue weighted by Gasteiger charge is -2.39. The average Bonchev–Trinajstić information content (AvgIpc) is 2.32. The Morgan fingerprint density at radius 1 is 1.10 bits per heavy atom. The first-order valence-electron chi connectivity index (χ1n) is 8.35. The summed E-state index contributed by atoms with van der Waals surface area (Å²) in [6.45, 7) is 8.92. The Labute approximate surface area is 124 Å². The monoisotopic (exact) mass is 281 g/mol. The molecule has 0 aromatic carbocycles. The zero-order valence-corrected chi connectivity index (χ0v) is 13.3. The Balaban J connectivity index is 1.68. The highest BCUT2D eigenvalue weighted by Gasteiger charge is 2.25. The molecule has 1 saturated carbocycles. The number of ketones is 1. The molecule has 0 atom stereocenters. The molecule has 20 heavy (non-hydrogen) atoms. The van der Waals surface area contributed by atoms with Gasteiger partial charge in [0.2, 0.25) is 0 Å². The first-order chi connectivity index (χ1) is 9.69. The maximum absolute atomic E-state index is 12.0. The van der Waals surface area contributed by atoms with E-state index in [0.717, 1.165) is 25.7 Å². The van der Waals surface area contributed by atoms with Crippen LogP contribution in [0.25, 0.3) is 0 Å². The fourth-order valence-electron chi connectivity index (χ4n) is 3.21. The topological polar surface area (TPSA) is 26.8 Å². The second-order valence-corrected chi connectivity index (χ2v) is 6.47. The van der Waals surface area contributed by atoms with Crippen LogP contribution in [-0.4, -0.2) is 79.4 Å². The van der Waals surface area contributed by atoms with Crippen molar-refractivity contribution in [3.05, 3.63) is 0 Å². The Bertz CT molecular complexity index is 294. The van der Waals surface area contributed by atoms with Crippen molar-refractivity contribution < 1.29 is 4.79 Å². The summed E-state index contributed by atoms with van der Waals surface area (Å²) in [5.41, 5.74) is 0. The molecule has 2 aliphatic rings. The van der Waals surface area contributed by atoms with E-state index in [-0.39, 0.29) is 0 Å². The van der Waals surface area contributed by atoms with Gasteiger partial charge in [-0.25, -0.2) is 0 Å². The molecular weight excluding hydrogens is 250 g/mol. The first kappa shape index (κ1) is 15.9. The fourth-order valence-corrected chi connectivity index (χ4v) is 3.21. The molecule has 1 heterocycles. The Morgan fingerprint density at radius 3 is 2.25 bits per heavy atom. The largest absolute Gasteiger partial charge is 0.300 e. The van der Waals surface area contributed by atoms with Gasteiger partial charge in [0, 0.05) is 6.04 Å². The fraction of sp³-hybridized carbons (Fsp3) is 0.938. The standard InChI is InChI=1S/C16H31N3O/c1-3-17(2)13-16(20)14-18-9-5-11-19(12-6-10-18)15-7-4-8-15/h15H,3-14H2,1-2H3. The van der Waals surface area contributed by atoms with E-state index in [4.69, 9.17) is 0 Å². The number of nitrogens with zero attached hydrogens (tertiary/aromatic N) is 3. The van der Waals surface area contributed by atoms with Gasteiger partial charge in [0.1, 0.15) is 0 Å².